The Hall–Kier alpha value is -2.06. The summed E-state index contributed by atoms with van der Waals surface area (Å²) >= 11 is 5.65. The Bertz CT molecular complexity index is 517. The fourth-order valence-electron chi connectivity index (χ4n) is 1.05. The van der Waals surface area contributed by atoms with E-state index in [1.165, 1.54) is 19.1 Å². The van der Waals surface area contributed by atoms with Gasteiger partial charge in [0.1, 0.15) is 5.02 Å². The lowest BCUT2D eigenvalue weighted by atomic mass is 10.2. The highest BCUT2D eigenvalue weighted by atomic mass is 35.5. The molecule has 0 fully saturated rings. The lowest BCUT2D eigenvalue weighted by Crippen LogP contribution is -2.19. The molecule has 0 aromatic heterocycles. The van der Waals surface area contributed by atoms with Crippen LogP contribution in [0.25, 0.3) is 0 Å². The molecule has 0 atom stereocenters. The van der Waals surface area contributed by atoms with Crippen molar-refractivity contribution in [3.63, 3.8) is 0 Å². The van der Waals surface area contributed by atoms with Crippen molar-refractivity contribution < 1.29 is 9.72 Å². The van der Waals surface area contributed by atoms with Crippen LogP contribution in [0, 0.1) is 22.0 Å². The number of nitrogens with zero attached hydrogens (tertiary/aromatic N) is 1. The first kappa shape index (κ1) is 13.0. The van der Waals surface area contributed by atoms with Crippen LogP contribution < -0.4 is 5.32 Å². The summed E-state index contributed by atoms with van der Waals surface area (Å²) in [7, 11) is 0. The summed E-state index contributed by atoms with van der Waals surface area (Å²) in [6.07, 6.45) is 0. The SMILES string of the molecule is CC(=O)NCC#Cc1ccc(Cl)c([N+](=O)[O-])c1. The van der Waals surface area contributed by atoms with Gasteiger partial charge in [0.2, 0.25) is 5.91 Å². The van der Waals surface area contributed by atoms with Gasteiger partial charge >= 0.3 is 0 Å². The Morgan fingerprint density at radius 1 is 1.59 bits per heavy atom. The normalized spacial score (nSPS) is 9.06. The van der Waals surface area contributed by atoms with E-state index in [2.05, 4.69) is 17.2 Å². The third-order valence-electron chi connectivity index (χ3n) is 1.80. The molecule has 0 radical (unpaired) electrons. The average Bonchev–Trinajstić information content (AvgIpc) is 2.25. The number of hydrogen-bond donors (Lipinski definition) is 1. The number of carbonyl (C=O) groups excluding carboxylic acids is 1. The highest BCUT2D eigenvalue weighted by Crippen LogP contribution is 2.24. The van der Waals surface area contributed by atoms with Crippen molar-refractivity contribution in [2.24, 2.45) is 0 Å². The second-order valence-electron chi connectivity index (χ2n) is 3.13. The zero-order valence-corrected chi connectivity index (χ0v) is 9.75. The smallest absolute Gasteiger partial charge is 0.289 e. The molecular weight excluding hydrogens is 244 g/mol. The van der Waals surface area contributed by atoms with Crippen LogP contribution in [0.2, 0.25) is 5.02 Å². The number of halogens is 1. The molecule has 88 valence electrons. The van der Waals surface area contributed by atoms with Crippen LogP contribution in [-0.2, 0) is 4.79 Å². The van der Waals surface area contributed by atoms with E-state index in [0.717, 1.165) is 0 Å². The second kappa shape index (κ2) is 5.87. The average molecular weight is 253 g/mol. The monoisotopic (exact) mass is 252 g/mol. The molecule has 6 heteroatoms. The number of hydrogen-bond acceptors (Lipinski definition) is 3. The third kappa shape index (κ3) is 4.13. The molecule has 0 aliphatic carbocycles. The summed E-state index contributed by atoms with van der Waals surface area (Å²) in [6, 6.07) is 4.29. The maximum absolute atomic E-state index is 10.6. The van der Waals surface area contributed by atoms with Crippen molar-refractivity contribution in [1.29, 1.82) is 0 Å². The molecule has 1 N–H and O–H groups in total. The molecule has 0 heterocycles. The number of carbonyl (C=O) groups is 1. The van der Waals surface area contributed by atoms with E-state index in [4.69, 9.17) is 11.6 Å². The first-order valence-corrected chi connectivity index (χ1v) is 5.05. The predicted molar refractivity (Wildman–Crippen MR) is 63.7 cm³/mol. The van der Waals surface area contributed by atoms with Crippen LogP contribution >= 0.6 is 11.6 Å². The number of rotatable bonds is 2. The fourth-order valence-corrected chi connectivity index (χ4v) is 1.23. The predicted octanol–water partition coefficient (Wildman–Crippen LogP) is 1.74. The molecule has 1 aromatic carbocycles. The van der Waals surface area contributed by atoms with Crippen molar-refractivity contribution >= 4 is 23.2 Å². The van der Waals surface area contributed by atoms with Gasteiger partial charge in [-0.3, -0.25) is 14.9 Å². The fraction of sp³-hybridized carbons (Fsp3) is 0.182. The van der Waals surface area contributed by atoms with E-state index >= 15 is 0 Å². The van der Waals surface area contributed by atoms with E-state index in [-0.39, 0.29) is 23.2 Å². The number of nitrogens with one attached hydrogen (secondary N) is 1. The zero-order valence-electron chi connectivity index (χ0n) is 8.99. The van der Waals surface area contributed by atoms with Gasteiger partial charge in [-0.05, 0) is 12.1 Å². The number of amides is 1. The van der Waals surface area contributed by atoms with Gasteiger partial charge in [0.05, 0.1) is 11.5 Å². The third-order valence-corrected chi connectivity index (χ3v) is 2.12. The minimum atomic E-state index is -0.568. The van der Waals surface area contributed by atoms with Crippen molar-refractivity contribution in [2.75, 3.05) is 6.54 Å². The van der Waals surface area contributed by atoms with Crippen molar-refractivity contribution in [1.82, 2.24) is 5.32 Å². The van der Waals surface area contributed by atoms with E-state index in [1.54, 1.807) is 6.07 Å². The molecule has 1 aromatic rings. The highest BCUT2D eigenvalue weighted by Gasteiger charge is 2.11. The Kier molecular flexibility index (Phi) is 4.49. The summed E-state index contributed by atoms with van der Waals surface area (Å²) in [6.45, 7) is 1.58. The Labute approximate surface area is 103 Å². The zero-order chi connectivity index (χ0) is 12.8. The van der Waals surface area contributed by atoms with Gasteiger partial charge in [-0.1, -0.05) is 23.4 Å². The Morgan fingerprint density at radius 3 is 2.88 bits per heavy atom. The number of nitro groups is 1. The summed E-state index contributed by atoms with van der Waals surface area (Å²) in [5.41, 5.74) is 0.296. The molecule has 1 amide bonds. The van der Waals surface area contributed by atoms with Crippen LogP contribution in [-0.4, -0.2) is 17.4 Å². The Morgan fingerprint density at radius 2 is 2.29 bits per heavy atom. The van der Waals surface area contributed by atoms with Gasteiger partial charge in [-0.25, -0.2) is 0 Å². The summed E-state index contributed by atoms with van der Waals surface area (Å²) in [4.78, 5) is 20.6. The van der Waals surface area contributed by atoms with Crippen molar-refractivity contribution in [2.45, 2.75) is 6.92 Å². The molecule has 0 saturated carbocycles. The molecule has 0 spiro atoms. The molecule has 0 aliphatic rings. The highest BCUT2D eigenvalue weighted by molar-refractivity contribution is 6.32. The van der Waals surface area contributed by atoms with E-state index in [1.807, 2.05) is 0 Å². The lowest BCUT2D eigenvalue weighted by Gasteiger charge is -1.95. The summed E-state index contributed by atoms with van der Waals surface area (Å²) in [5, 5.41) is 13.2. The van der Waals surface area contributed by atoms with Gasteiger partial charge < -0.3 is 5.32 Å². The summed E-state index contributed by atoms with van der Waals surface area (Å²) < 4.78 is 0. The molecular formula is C11H9ClN2O3. The van der Waals surface area contributed by atoms with Crippen molar-refractivity contribution in [3.05, 3.63) is 38.9 Å². The maximum Gasteiger partial charge on any atom is 0.289 e. The largest absolute Gasteiger partial charge is 0.345 e. The quantitative estimate of drug-likeness (QED) is 0.495. The van der Waals surface area contributed by atoms with E-state index < -0.39 is 4.92 Å². The van der Waals surface area contributed by atoms with E-state index in [9.17, 15) is 14.9 Å². The van der Waals surface area contributed by atoms with Crippen LogP contribution in [0.3, 0.4) is 0 Å². The van der Waals surface area contributed by atoms with Gasteiger partial charge in [-0.15, -0.1) is 0 Å². The van der Waals surface area contributed by atoms with Gasteiger partial charge in [-0.2, -0.15) is 0 Å². The number of nitro benzene ring substituents is 1. The topological polar surface area (TPSA) is 72.2 Å². The molecule has 0 unspecified atom stereocenters. The molecule has 1 rings (SSSR count). The lowest BCUT2D eigenvalue weighted by molar-refractivity contribution is -0.384. The van der Waals surface area contributed by atoms with Crippen LogP contribution in [0.15, 0.2) is 18.2 Å². The summed E-state index contributed by atoms with van der Waals surface area (Å²) in [5.74, 6) is 5.19. The van der Waals surface area contributed by atoms with Crippen LogP contribution in [0.1, 0.15) is 12.5 Å². The number of benzene rings is 1. The standard InChI is InChI=1S/C11H9ClN2O3/c1-8(15)13-6-2-3-9-4-5-10(12)11(7-9)14(16)17/h4-5,7H,6H2,1H3,(H,13,15). The van der Waals surface area contributed by atoms with E-state index in [0.29, 0.717) is 5.56 Å². The minimum absolute atomic E-state index is 0.0717. The first-order chi connectivity index (χ1) is 8.00. The van der Waals surface area contributed by atoms with Gasteiger partial charge in [0.15, 0.2) is 0 Å². The Balaban J connectivity index is 2.82. The van der Waals surface area contributed by atoms with Gasteiger partial charge in [0.25, 0.3) is 5.69 Å². The molecule has 5 nitrogen and oxygen atoms in total. The molecule has 0 saturated heterocycles. The molecule has 17 heavy (non-hydrogen) atoms. The minimum Gasteiger partial charge on any atom is -0.345 e. The first-order valence-electron chi connectivity index (χ1n) is 4.68. The van der Waals surface area contributed by atoms with Crippen molar-refractivity contribution in [3.8, 4) is 11.8 Å². The maximum atomic E-state index is 10.6. The molecule has 0 aliphatic heterocycles. The van der Waals surface area contributed by atoms with Gasteiger partial charge in [0, 0.05) is 18.6 Å². The molecule has 0 bridgehead atoms. The van der Waals surface area contributed by atoms with Crippen LogP contribution in [0.4, 0.5) is 5.69 Å². The van der Waals surface area contributed by atoms with Crippen LogP contribution in [0.5, 0.6) is 0 Å². The second-order valence-corrected chi connectivity index (χ2v) is 3.54.